The predicted molar refractivity (Wildman–Crippen MR) is 140 cm³/mol. The fraction of sp³-hybridized carbons (Fsp3) is 0.240. The maximum absolute atomic E-state index is 14.7. The lowest BCUT2D eigenvalue weighted by atomic mass is 10.1. The molecule has 2 heterocycles. The Hall–Kier alpha value is -3.62. The molecule has 11 heteroatoms. The summed E-state index contributed by atoms with van der Waals surface area (Å²) in [5.74, 6) is 1.12. The van der Waals surface area contributed by atoms with Gasteiger partial charge in [0.15, 0.2) is 16.5 Å². The zero-order chi connectivity index (χ0) is 26.0. The Kier molecular flexibility index (Phi) is 7.47. The Bertz CT molecular complexity index is 1320. The topological polar surface area (TPSA) is 75.2 Å². The Balaban J connectivity index is 1.82. The number of amides is 3. The maximum Gasteiger partial charge on any atom is 0.324 e. The number of carbonyl (C=O) groups excluding carboxylic acids is 2. The third kappa shape index (κ3) is 4.87. The van der Waals surface area contributed by atoms with E-state index in [-0.39, 0.29) is 36.3 Å². The maximum atomic E-state index is 14.7. The summed E-state index contributed by atoms with van der Waals surface area (Å²) in [7, 11) is 4.32. The number of terminal acetylenes is 1. The molecule has 1 aliphatic rings. The van der Waals surface area contributed by atoms with E-state index in [2.05, 4.69) is 26.8 Å². The Morgan fingerprint density at radius 2 is 1.86 bits per heavy atom. The lowest BCUT2D eigenvalue weighted by Gasteiger charge is -2.43. The number of ether oxygens (including phenoxy) is 2. The molecule has 0 saturated carbocycles. The van der Waals surface area contributed by atoms with Gasteiger partial charge in [-0.15, -0.1) is 17.8 Å². The monoisotopic (exact) mass is 572 g/mol. The number of thiazole rings is 1. The van der Waals surface area contributed by atoms with Gasteiger partial charge in [-0.25, -0.2) is 9.78 Å². The van der Waals surface area contributed by atoms with Gasteiger partial charge in [-0.3, -0.25) is 9.69 Å². The van der Waals surface area contributed by atoms with Gasteiger partial charge >= 0.3 is 6.03 Å². The number of halogens is 2. The molecule has 0 radical (unpaired) electrons. The second-order valence-electron chi connectivity index (χ2n) is 7.93. The number of nitrogens with zero attached hydrogens (tertiary/aromatic N) is 4. The summed E-state index contributed by atoms with van der Waals surface area (Å²) in [5.41, 5.74) is 1.14. The van der Waals surface area contributed by atoms with Crippen molar-refractivity contribution in [2.45, 2.75) is 6.04 Å². The minimum Gasteiger partial charge on any atom is -0.493 e. The van der Waals surface area contributed by atoms with E-state index in [4.69, 9.17) is 15.9 Å². The molecule has 1 saturated heterocycles. The average molecular weight is 573 g/mol. The molecule has 0 bridgehead atoms. The smallest absolute Gasteiger partial charge is 0.324 e. The molecule has 0 spiro atoms. The summed E-state index contributed by atoms with van der Waals surface area (Å²) in [6.45, 7) is 0.413. The Morgan fingerprint density at radius 1 is 1.22 bits per heavy atom. The normalized spacial score (nSPS) is 15.4. The first-order chi connectivity index (χ1) is 17.3. The summed E-state index contributed by atoms with van der Waals surface area (Å²) in [6, 6.07) is 9.40. The summed E-state index contributed by atoms with van der Waals surface area (Å²) in [4.78, 5) is 35.7. The average Bonchev–Trinajstić information content (AvgIpc) is 3.37. The molecule has 0 aliphatic carbocycles. The van der Waals surface area contributed by atoms with Crippen LogP contribution in [-0.2, 0) is 0 Å². The first-order valence-corrected chi connectivity index (χ1v) is 12.4. The van der Waals surface area contributed by atoms with Crippen LogP contribution >= 0.6 is 27.3 Å². The highest BCUT2D eigenvalue weighted by atomic mass is 79.9. The highest BCUT2D eigenvalue weighted by molar-refractivity contribution is 9.10. The molecular formula is C25H22BrFN4O4S. The quantitative estimate of drug-likeness (QED) is 0.402. The molecular weight excluding hydrogens is 551 g/mol. The summed E-state index contributed by atoms with van der Waals surface area (Å²) >= 11 is 4.58. The number of urea groups is 1. The number of methoxy groups -OCH3 is 2. The molecule has 1 fully saturated rings. The fourth-order valence-corrected chi connectivity index (χ4v) is 4.86. The van der Waals surface area contributed by atoms with E-state index in [1.807, 2.05) is 24.3 Å². The van der Waals surface area contributed by atoms with Crippen LogP contribution in [0.2, 0.25) is 0 Å². The van der Waals surface area contributed by atoms with Crippen LogP contribution < -0.4 is 19.3 Å². The van der Waals surface area contributed by atoms with Gasteiger partial charge in [0, 0.05) is 41.3 Å². The van der Waals surface area contributed by atoms with Crippen LogP contribution in [0.15, 0.2) is 46.3 Å². The largest absolute Gasteiger partial charge is 0.493 e. The van der Waals surface area contributed by atoms with Crippen molar-refractivity contribution in [3.05, 3.63) is 62.8 Å². The molecule has 3 amide bonds. The third-order valence-electron chi connectivity index (χ3n) is 5.71. The number of likely N-dealkylation sites (N-methyl/N-ethyl adjacent to an activating group) is 1. The van der Waals surface area contributed by atoms with Gasteiger partial charge in [0.25, 0.3) is 5.91 Å². The number of benzene rings is 2. The number of anilines is 2. The second kappa shape index (κ2) is 10.6. The lowest BCUT2D eigenvalue weighted by molar-refractivity contribution is 0.0964. The van der Waals surface area contributed by atoms with E-state index >= 15 is 0 Å². The molecule has 8 nitrogen and oxygen atoms in total. The molecule has 1 unspecified atom stereocenters. The van der Waals surface area contributed by atoms with Gasteiger partial charge in [0.2, 0.25) is 5.82 Å². The van der Waals surface area contributed by atoms with Crippen LogP contribution in [0.4, 0.5) is 20.6 Å². The lowest BCUT2D eigenvalue weighted by Crippen LogP contribution is -2.61. The van der Waals surface area contributed by atoms with Crippen LogP contribution in [0.5, 0.6) is 11.5 Å². The molecule has 36 heavy (non-hydrogen) atoms. The van der Waals surface area contributed by atoms with Gasteiger partial charge in [-0.1, -0.05) is 15.9 Å². The molecule has 1 aromatic heterocycles. The van der Waals surface area contributed by atoms with Crippen molar-refractivity contribution >= 4 is 50.6 Å². The standard InChI is InChI=1S/C25H22BrFN4O4S/c1-5-22-28-19(14-36-22)24(32)31(17-10-20(34-3)23(27)21(11-17)35-4)18-12-29(2)25(33)30(13-18)16-8-6-15(26)7-9-16/h1,6-11,14,18H,12-13H2,2-4H3. The van der Waals surface area contributed by atoms with Gasteiger partial charge in [-0.2, -0.15) is 4.39 Å². The van der Waals surface area contributed by atoms with Crippen molar-refractivity contribution in [3.8, 4) is 23.8 Å². The van der Waals surface area contributed by atoms with Gasteiger partial charge in [0.05, 0.1) is 32.5 Å². The summed E-state index contributed by atoms with van der Waals surface area (Å²) in [5, 5.41) is 1.94. The predicted octanol–water partition coefficient (Wildman–Crippen LogP) is 4.63. The van der Waals surface area contributed by atoms with Crippen LogP contribution in [0, 0.1) is 18.2 Å². The molecule has 3 aromatic rings. The van der Waals surface area contributed by atoms with Gasteiger partial charge < -0.3 is 19.3 Å². The molecule has 2 aromatic carbocycles. The molecule has 4 rings (SSSR count). The number of aromatic nitrogens is 1. The van der Waals surface area contributed by atoms with E-state index in [1.165, 1.54) is 47.5 Å². The summed E-state index contributed by atoms with van der Waals surface area (Å²) in [6.07, 6.45) is 5.46. The van der Waals surface area contributed by atoms with Crippen molar-refractivity contribution in [2.75, 3.05) is 44.2 Å². The van der Waals surface area contributed by atoms with Crippen molar-refractivity contribution in [1.29, 1.82) is 0 Å². The van der Waals surface area contributed by atoms with E-state index in [0.717, 1.165) is 4.47 Å². The second-order valence-corrected chi connectivity index (χ2v) is 9.70. The molecule has 186 valence electrons. The number of carbonyl (C=O) groups is 2. The number of hydrogen-bond donors (Lipinski definition) is 0. The van der Waals surface area contributed by atoms with Crippen LogP contribution in [0.1, 0.15) is 15.5 Å². The number of hydrogen-bond acceptors (Lipinski definition) is 6. The zero-order valence-corrected chi connectivity index (χ0v) is 22.1. The Morgan fingerprint density at radius 3 is 2.42 bits per heavy atom. The molecule has 1 atom stereocenters. The van der Waals surface area contributed by atoms with Gasteiger partial charge in [-0.05, 0) is 30.2 Å². The number of rotatable bonds is 6. The minimum atomic E-state index is -0.688. The molecule has 0 N–H and O–H groups in total. The third-order valence-corrected chi connectivity index (χ3v) is 7.02. The first-order valence-electron chi connectivity index (χ1n) is 10.7. The van der Waals surface area contributed by atoms with E-state index < -0.39 is 17.8 Å². The van der Waals surface area contributed by atoms with Crippen molar-refractivity contribution in [3.63, 3.8) is 0 Å². The van der Waals surface area contributed by atoms with Gasteiger partial charge in [0.1, 0.15) is 5.69 Å². The zero-order valence-electron chi connectivity index (χ0n) is 19.7. The van der Waals surface area contributed by atoms with Crippen LogP contribution in [0.3, 0.4) is 0 Å². The highest BCUT2D eigenvalue weighted by Gasteiger charge is 2.38. The Labute approximate surface area is 220 Å². The van der Waals surface area contributed by atoms with Crippen LogP contribution in [-0.4, -0.2) is 62.2 Å². The highest BCUT2D eigenvalue weighted by Crippen LogP contribution is 2.35. The van der Waals surface area contributed by atoms with E-state index in [0.29, 0.717) is 16.4 Å². The van der Waals surface area contributed by atoms with Crippen molar-refractivity contribution < 1.29 is 23.5 Å². The van der Waals surface area contributed by atoms with Crippen molar-refractivity contribution in [2.24, 2.45) is 0 Å². The van der Waals surface area contributed by atoms with E-state index in [1.54, 1.807) is 17.3 Å². The minimum absolute atomic E-state index is 0.0882. The van der Waals surface area contributed by atoms with Crippen molar-refractivity contribution in [1.82, 2.24) is 9.88 Å². The first kappa shape index (κ1) is 25.5. The van der Waals surface area contributed by atoms with Crippen LogP contribution in [0.25, 0.3) is 0 Å². The van der Waals surface area contributed by atoms with E-state index in [9.17, 15) is 14.0 Å². The SMILES string of the molecule is C#Cc1nc(C(=O)N(c2cc(OC)c(F)c(OC)c2)C2CN(C)C(=O)N(c3ccc(Br)cc3)C2)cs1. The summed E-state index contributed by atoms with van der Waals surface area (Å²) < 4.78 is 26.0. The molecule has 1 aliphatic heterocycles. The fourth-order valence-electron chi connectivity index (χ4n) is 4.00.